The number of carbonyl (C=O) groups excluding carboxylic acids is 1. The molecule has 0 amide bonds. The van der Waals surface area contributed by atoms with Crippen LogP contribution >= 0.6 is 0 Å². The molecule has 0 aromatic heterocycles. The van der Waals surface area contributed by atoms with Gasteiger partial charge in [-0.25, -0.2) is 4.99 Å². The van der Waals surface area contributed by atoms with Gasteiger partial charge in [0.2, 0.25) is 5.96 Å². The number of carbonyl (C=O) groups is 1. The van der Waals surface area contributed by atoms with Crippen LogP contribution in [0.5, 0.6) is 0 Å². The van der Waals surface area contributed by atoms with Gasteiger partial charge in [0, 0.05) is 17.1 Å². The van der Waals surface area contributed by atoms with Crippen molar-refractivity contribution in [3.63, 3.8) is 0 Å². The minimum Gasteiger partial charge on any atom is -0.465 e. The Morgan fingerprint density at radius 2 is 1.36 bits per heavy atom. The Balaban J connectivity index is 2.02. The van der Waals surface area contributed by atoms with Crippen molar-refractivity contribution >= 4 is 29.0 Å². The van der Waals surface area contributed by atoms with E-state index in [9.17, 15) is 4.79 Å². The van der Waals surface area contributed by atoms with Crippen molar-refractivity contribution in [2.45, 2.75) is 6.92 Å². The number of benzene rings is 3. The highest BCUT2D eigenvalue weighted by Crippen LogP contribution is 2.26. The van der Waals surface area contributed by atoms with Crippen LogP contribution in [-0.2, 0) is 9.53 Å². The number of para-hydroxylation sites is 3. The van der Waals surface area contributed by atoms with Gasteiger partial charge in [-0.2, -0.15) is 0 Å². The number of nitrogens with zero attached hydrogens (tertiary/aromatic N) is 2. The van der Waals surface area contributed by atoms with E-state index >= 15 is 0 Å². The maximum atomic E-state index is 11.9. The third-order valence-corrected chi connectivity index (χ3v) is 3.93. The quantitative estimate of drug-likeness (QED) is 0.381. The van der Waals surface area contributed by atoms with Crippen molar-refractivity contribution in [1.82, 2.24) is 0 Å². The van der Waals surface area contributed by atoms with Gasteiger partial charge in [0.1, 0.15) is 6.54 Å². The standard InChI is InChI=1S/C23H23N3O2/c1-2-28-22(27)18-24-23(25-19-12-6-3-7-13-19)26(20-14-8-4-9-15-20)21-16-10-5-11-17-21/h3-17H,2,18H2,1H3,(H,24,25). The molecule has 0 atom stereocenters. The first-order chi connectivity index (χ1) is 13.8. The van der Waals surface area contributed by atoms with E-state index < -0.39 is 0 Å². The summed E-state index contributed by atoms with van der Waals surface area (Å²) in [6, 6.07) is 29.6. The van der Waals surface area contributed by atoms with Crippen LogP contribution in [0, 0.1) is 0 Å². The first-order valence-electron chi connectivity index (χ1n) is 9.20. The van der Waals surface area contributed by atoms with Crippen molar-refractivity contribution in [3.8, 4) is 0 Å². The average Bonchev–Trinajstić information content (AvgIpc) is 2.75. The molecule has 5 nitrogen and oxygen atoms in total. The first-order valence-corrected chi connectivity index (χ1v) is 9.20. The predicted octanol–water partition coefficient (Wildman–Crippen LogP) is 4.86. The lowest BCUT2D eigenvalue weighted by Gasteiger charge is -2.27. The molecule has 0 aliphatic carbocycles. The zero-order chi connectivity index (χ0) is 19.6. The number of esters is 1. The van der Waals surface area contributed by atoms with Crippen molar-refractivity contribution in [2.75, 3.05) is 23.4 Å². The van der Waals surface area contributed by atoms with Gasteiger partial charge in [-0.1, -0.05) is 54.6 Å². The van der Waals surface area contributed by atoms with Crippen LogP contribution in [0.15, 0.2) is 96.0 Å². The van der Waals surface area contributed by atoms with Crippen LogP contribution in [0.25, 0.3) is 0 Å². The SMILES string of the molecule is CCOC(=O)CN=C(Nc1ccccc1)N(c1ccccc1)c1ccccc1. The number of guanidine groups is 1. The molecule has 5 heteroatoms. The van der Waals surface area contributed by atoms with E-state index in [-0.39, 0.29) is 12.5 Å². The molecule has 0 fully saturated rings. The Labute approximate surface area is 165 Å². The molecule has 1 N–H and O–H groups in total. The molecule has 3 aromatic rings. The summed E-state index contributed by atoms with van der Waals surface area (Å²) in [5, 5.41) is 3.34. The van der Waals surface area contributed by atoms with Crippen LogP contribution in [-0.4, -0.2) is 25.1 Å². The summed E-state index contributed by atoms with van der Waals surface area (Å²) in [6.07, 6.45) is 0. The molecule has 0 radical (unpaired) electrons. The smallest absolute Gasteiger partial charge is 0.327 e. The van der Waals surface area contributed by atoms with Crippen molar-refractivity contribution in [3.05, 3.63) is 91.0 Å². The van der Waals surface area contributed by atoms with E-state index in [1.165, 1.54) is 0 Å². The van der Waals surface area contributed by atoms with Gasteiger partial charge >= 0.3 is 5.97 Å². The molecule has 0 saturated heterocycles. The molecule has 0 heterocycles. The second-order valence-corrected chi connectivity index (χ2v) is 5.94. The van der Waals surface area contributed by atoms with E-state index in [1.807, 2.05) is 95.9 Å². The molecule has 0 saturated carbocycles. The normalized spacial score (nSPS) is 11.0. The fourth-order valence-electron chi connectivity index (χ4n) is 2.71. The molecule has 0 spiro atoms. The predicted molar refractivity (Wildman–Crippen MR) is 114 cm³/mol. The second-order valence-electron chi connectivity index (χ2n) is 5.94. The van der Waals surface area contributed by atoms with Crippen LogP contribution in [0.4, 0.5) is 17.1 Å². The van der Waals surface area contributed by atoms with Gasteiger partial charge < -0.3 is 10.1 Å². The van der Waals surface area contributed by atoms with Gasteiger partial charge in [0.15, 0.2) is 0 Å². The van der Waals surface area contributed by atoms with E-state index in [0.717, 1.165) is 17.1 Å². The Hall–Kier alpha value is -3.60. The lowest BCUT2D eigenvalue weighted by atomic mass is 10.2. The fourth-order valence-corrected chi connectivity index (χ4v) is 2.71. The van der Waals surface area contributed by atoms with Gasteiger partial charge in [-0.05, 0) is 43.3 Å². The minimum atomic E-state index is -0.365. The fraction of sp³-hybridized carbons (Fsp3) is 0.130. The van der Waals surface area contributed by atoms with Crippen LogP contribution in [0.2, 0.25) is 0 Å². The summed E-state index contributed by atoms with van der Waals surface area (Å²) in [5.41, 5.74) is 2.74. The summed E-state index contributed by atoms with van der Waals surface area (Å²) in [4.78, 5) is 18.4. The molecular formula is C23H23N3O2. The highest BCUT2D eigenvalue weighted by molar-refractivity contribution is 6.10. The summed E-state index contributed by atoms with van der Waals surface area (Å²) >= 11 is 0. The number of anilines is 3. The number of ether oxygens (including phenoxy) is 1. The number of aliphatic imine (C=N–C) groups is 1. The third kappa shape index (κ3) is 5.20. The van der Waals surface area contributed by atoms with Gasteiger partial charge in [0.25, 0.3) is 0 Å². The molecule has 0 aliphatic heterocycles. The van der Waals surface area contributed by atoms with E-state index in [4.69, 9.17) is 4.74 Å². The van der Waals surface area contributed by atoms with Crippen LogP contribution in [0.3, 0.4) is 0 Å². The monoisotopic (exact) mass is 373 g/mol. The maximum absolute atomic E-state index is 11.9. The molecular weight excluding hydrogens is 350 g/mol. The molecule has 3 rings (SSSR count). The van der Waals surface area contributed by atoms with Crippen LogP contribution < -0.4 is 10.2 Å². The molecule has 28 heavy (non-hydrogen) atoms. The number of hydrogen-bond acceptors (Lipinski definition) is 3. The first kappa shape index (κ1) is 19.2. The van der Waals surface area contributed by atoms with Crippen molar-refractivity contribution in [1.29, 1.82) is 0 Å². The summed E-state index contributed by atoms with van der Waals surface area (Å²) < 4.78 is 5.04. The zero-order valence-electron chi connectivity index (χ0n) is 15.8. The van der Waals surface area contributed by atoms with Gasteiger partial charge in [-0.15, -0.1) is 0 Å². The lowest BCUT2D eigenvalue weighted by molar-refractivity contribution is -0.141. The third-order valence-electron chi connectivity index (χ3n) is 3.93. The number of rotatable bonds is 6. The van der Waals surface area contributed by atoms with E-state index in [2.05, 4.69) is 10.3 Å². The largest absolute Gasteiger partial charge is 0.465 e. The highest BCUT2D eigenvalue weighted by Gasteiger charge is 2.17. The van der Waals surface area contributed by atoms with E-state index in [1.54, 1.807) is 6.92 Å². The average molecular weight is 373 g/mol. The molecule has 0 aliphatic rings. The highest BCUT2D eigenvalue weighted by atomic mass is 16.5. The lowest BCUT2D eigenvalue weighted by Crippen LogP contribution is -2.33. The summed E-state index contributed by atoms with van der Waals surface area (Å²) in [5.74, 6) is 0.174. The minimum absolute atomic E-state index is 0.0703. The second kappa shape index (κ2) is 9.92. The number of nitrogens with one attached hydrogen (secondary N) is 1. The van der Waals surface area contributed by atoms with E-state index in [0.29, 0.717) is 12.6 Å². The zero-order valence-corrected chi connectivity index (χ0v) is 15.8. The molecule has 142 valence electrons. The maximum Gasteiger partial charge on any atom is 0.327 e. The summed E-state index contributed by atoms with van der Waals surface area (Å²) in [7, 11) is 0. The van der Waals surface area contributed by atoms with Crippen LogP contribution in [0.1, 0.15) is 6.92 Å². The van der Waals surface area contributed by atoms with Gasteiger partial charge in [0.05, 0.1) is 6.61 Å². The number of hydrogen-bond donors (Lipinski definition) is 1. The Bertz CT molecular complexity index is 857. The van der Waals surface area contributed by atoms with Crippen molar-refractivity contribution in [2.24, 2.45) is 4.99 Å². The Morgan fingerprint density at radius 3 is 1.86 bits per heavy atom. The topological polar surface area (TPSA) is 53.9 Å². The van der Waals surface area contributed by atoms with Crippen molar-refractivity contribution < 1.29 is 9.53 Å². The molecule has 0 bridgehead atoms. The molecule has 0 unspecified atom stereocenters. The Morgan fingerprint density at radius 1 is 0.857 bits per heavy atom. The van der Waals surface area contributed by atoms with Gasteiger partial charge in [-0.3, -0.25) is 9.69 Å². The summed E-state index contributed by atoms with van der Waals surface area (Å²) in [6.45, 7) is 2.04. The molecule has 3 aromatic carbocycles. The Kier molecular flexibility index (Phi) is 6.79.